The van der Waals surface area contributed by atoms with Gasteiger partial charge in [-0.2, -0.15) is 0 Å². The van der Waals surface area contributed by atoms with E-state index in [1.165, 1.54) is 12.1 Å². The second-order valence-electron chi connectivity index (χ2n) is 4.33. The summed E-state index contributed by atoms with van der Waals surface area (Å²) in [5, 5.41) is 0. The minimum absolute atomic E-state index is 0.435. The van der Waals surface area contributed by atoms with Gasteiger partial charge in [0.05, 0.1) is 6.04 Å². The third-order valence-electron chi connectivity index (χ3n) is 2.85. The summed E-state index contributed by atoms with van der Waals surface area (Å²) in [7, 11) is 0. The van der Waals surface area contributed by atoms with E-state index in [2.05, 4.69) is 21.4 Å². The van der Waals surface area contributed by atoms with Gasteiger partial charge in [-0.15, -0.1) is 0 Å². The molecule has 0 saturated carbocycles. The molecule has 19 heavy (non-hydrogen) atoms. The maximum Gasteiger partial charge on any atom is 0.126 e. The molecule has 1 unspecified atom stereocenters. The molecule has 3 N–H and O–H groups in total. The Morgan fingerprint density at radius 2 is 1.74 bits per heavy atom. The predicted molar refractivity (Wildman–Crippen MR) is 74.4 cm³/mol. The molecule has 1 atom stereocenters. The number of rotatable bonds is 3. The molecule has 0 aliphatic carbocycles. The summed E-state index contributed by atoms with van der Waals surface area (Å²) in [4.78, 5) is 0. The van der Waals surface area contributed by atoms with Crippen LogP contribution in [0.15, 0.2) is 40.9 Å². The molecule has 0 aliphatic rings. The summed E-state index contributed by atoms with van der Waals surface area (Å²) in [6.07, 6.45) is 0. The Morgan fingerprint density at radius 3 is 2.26 bits per heavy atom. The number of hydrogen-bond donors (Lipinski definition) is 2. The van der Waals surface area contributed by atoms with Crippen molar-refractivity contribution in [3.05, 3.63) is 69.2 Å². The zero-order chi connectivity index (χ0) is 14.0. The molecule has 0 fully saturated rings. The molecule has 0 aliphatic heterocycles. The highest BCUT2D eigenvalue weighted by Crippen LogP contribution is 2.29. The van der Waals surface area contributed by atoms with Crippen LogP contribution >= 0.6 is 15.9 Å². The number of benzene rings is 2. The molecule has 2 nitrogen and oxygen atoms in total. The number of nitrogens with one attached hydrogen (secondary N) is 1. The Morgan fingerprint density at radius 1 is 1.11 bits per heavy atom. The minimum Gasteiger partial charge on any atom is -0.271 e. The highest BCUT2D eigenvalue weighted by molar-refractivity contribution is 9.10. The molecule has 0 aromatic heterocycles. The van der Waals surface area contributed by atoms with E-state index in [-0.39, 0.29) is 0 Å². The molecule has 0 bridgehead atoms. The SMILES string of the molecule is Cc1ccc(C(NN)c2cc(F)cc(F)c2)c(Br)c1. The number of aryl methyl sites for hydroxylation is 1. The van der Waals surface area contributed by atoms with Crippen molar-refractivity contribution >= 4 is 15.9 Å². The van der Waals surface area contributed by atoms with Crippen molar-refractivity contribution in [3.8, 4) is 0 Å². The first-order valence-electron chi connectivity index (χ1n) is 5.69. The van der Waals surface area contributed by atoms with E-state index in [1.807, 2.05) is 25.1 Å². The van der Waals surface area contributed by atoms with Crippen molar-refractivity contribution in [3.63, 3.8) is 0 Å². The summed E-state index contributed by atoms with van der Waals surface area (Å²) in [5.41, 5.74) is 4.92. The molecular formula is C14H13BrF2N2. The Labute approximate surface area is 118 Å². The van der Waals surface area contributed by atoms with Gasteiger partial charge in [0.25, 0.3) is 0 Å². The Kier molecular flexibility index (Phi) is 4.29. The lowest BCUT2D eigenvalue weighted by atomic mass is 9.98. The smallest absolute Gasteiger partial charge is 0.126 e. The summed E-state index contributed by atoms with van der Waals surface area (Å²) >= 11 is 3.44. The van der Waals surface area contributed by atoms with Crippen molar-refractivity contribution < 1.29 is 8.78 Å². The fourth-order valence-electron chi connectivity index (χ4n) is 1.97. The van der Waals surface area contributed by atoms with Crippen LogP contribution in [0.25, 0.3) is 0 Å². The zero-order valence-corrected chi connectivity index (χ0v) is 11.8. The number of hydrazine groups is 1. The van der Waals surface area contributed by atoms with Gasteiger partial charge in [0, 0.05) is 10.5 Å². The van der Waals surface area contributed by atoms with Gasteiger partial charge in [-0.3, -0.25) is 5.84 Å². The number of halogens is 3. The van der Waals surface area contributed by atoms with Crippen LogP contribution in [0.3, 0.4) is 0 Å². The quantitative estimate of drug-likeness (QED) is 0.668. The third kappa shape index (κ3) is 3.18. The number of nitrogens with two attached hydrogens (primary N) is 1. The number of hydrogen-bond acceptors (Lipinski definition) is 2. The standard InChI is InChI=1S/C14H13BrF2N2/c1-8-2-3-12(13(15)4-8)14(19-18)9-5-10(16)7-11(17)6-9/h2-7,14,19H,18H2,1H3. The largest absolute Gasteiger partial charge is 0.271 e. The molecule has 100 valence electrons. The van der Waals surface area contributed by atoms with E-state index < -0.39 is 17.7 Å². The minimum atomic E-state index is -0.626. The van der Waals surface area contributed by atoms with Crippen LogP contribution in [0.5, 0.6) is 0 Å². The van der Waals surface area contributed by atoms with Crippen molar-refractivity contribution in [1.82, 2.24) is 5.43 Å². The van der Waals surface area contributed by atoms with E-state index in [4.69, 9.17) is 5.84 Å². The van der Waals surface area contributed by atoms with Crippen LogP contribution in [-0.4, -0.2) is 0 Å². The van der Waals surface area contributed by atoms with E-state index in [0.29, 0.717) is 5.56 Å². The molecule has 0 radical (unpaired) electrons. The molecule has 0 spiro atoms. The molecule has 0 saturated heterocycles. The second-order valence-corrected chi connectivity index (χ2v) is 5.18. The molecular weight excluding hydrogens is 314 g/mol. The molecule has 2 aromatic carbocycles. The van der Waals surface area contributed by atoms with E-state index in [9.17, 15) is 8.78 Å². The lowest BCUT2D eigenvalue weighted by molar-refractivity contribution is 0.565. The topological polar surface area (TPSA) is 38.0 Å². The van der Waals surface area contributed by atoms with Gasteiger partial charge in [0.15, 0.2) is 0 Å². The Hall–Kier alpha value is -1.30. The molecule has 2 aromatic rings. The van der Waals surface area contributed by atoms with Gasteiger partial charge >= 0.3 is 0 Å². The lowest BCUT2D eigenvalue weighted by Gasteiger charge is -2.19. The first kappa shape index (κ1) is 14.1. The first-order valence-corrected chi connectivity index (χ1v) is 6.48. The van der Waals surface area contributed by atoms with Gasteiger partial charge in [0.2, 0.25) is 0 Å². The molecule has 2 rings (SSSR count). The van der Waals surface area contributed by atoms with Crippen LogP contribution in [-0.2, 0) is 0 Å². The maximum absolute atomic E-state index is 13.3. The normalized spacial score (nSPS) is 12.5. The van der Waals surface area contributed by atoms with Crippen molar-refractivity contribution in [1.29, 1.82) is 0 Å². The second kappa shape index (κ2) is 5.77. The summed E-state index contributed by atoms with van der Waals surface area (Å²) in [6.45, 7) is 1.96. The van der Waals surface area contributed by atoms with Gasteiger partial charge < -0.3 is 0 Å². The van der Waals surface area contributed by atoms with Crippen molar-refractivity contribution in [2.24, 2.45) is 5.84 Å². The highest BCUT2D eigenvalue weighted by atomic mass is 79.9. The average molecular weight is 327 g/mol. The van der Waals surface area contributed by atoms with Crippen molar-refractivity contribution in [2.75, 3.05) is 0 Å². The van der Waals surface area contributed by atoms with Crippen molar-refractivity contribution in [2.45, 2.75) is 13.0 Å². The van der Waals surface area contributed by atoms with Crippen LogP contribution in [0.1, 0.15) is 22.7 Å². The fraction of sp³-hybridized carbons (Fsp3) is 0.143. The Bertz CT molecular complexity index is 582. The zero-order valence-electron chi connectivity index (χ0n) is 10.3. The summed E-state index contributed by atoms with van der Waals surface area (Å²) in [5.74, 6) is 4.28. The van der Waals surface area contributed by atoms with E-state index in [0.717, 1.165) is 21.7 Å². The van der Waals surface area contributed by atoms with Gasteiger partial charge in [-0.1, -0.05) is 28.1 Å². The van der Waals surface area contributed by atoms with Gasteiger partial charge in [0.1, 0.15) is 11.6 Å². The Balaban J connectivity index is 2.49. The van der Waals surface area contributed by atoms with Gasteiger partial charge in [-0.25, -0.2) is 14.2 Å². The van der Waals surface area contributed by atoms with Crippen LogP contribution in [0.4, 0.5) is 8.78 Å². The molecule has 0 amide bonds. The van der Waals surface area contributed by atoms with Crippen LogP contribution in [0, 0.1) is 18.6 Å². The fourth-order valence-corrected chi connectivity index (χ4v) is 2.70. The van der Waals surface area contributed by atoms with Crippen LogP contribution < -0.4 is 11.3 Å². The third-order valence-corrected chi connectivity index (χ3v) is 3.54. The molecule has 5 heteroatoms. The van der Waals surface area contributed by atoms with E-state index >= 15 is 0 Å². The maximum atomic E-state index is 13.3. The predicted octanol–water partition coefficient (Wildman–Crippen LogP) is 3.59. The van der Waals surface area contributed by atoms with Gasteiger partial charge in [-0.05, 0) is 41.8 Å². The summed E-state index contributed by atoms with van der Waals surface area (Å²) < 4.78 is 27.4. The average Bonchev–Trinajstić information content (AvgIpc) is 2.31. The monoisotopic (exact) mass is 326 g/mol. The van der Waals surface area contributed by atoms with E-state index in [1.54, 1.807) is 0 Å². The first-order chi connectivity index (χ1) is 9.01. The van der Waals surface area contributed by atoms with Crippen LogP contribution in [0.2, 0.25) is 0 Å². The summed E-state index contributed by atoms with van der Waals surface area (Å²) in [6, 6.07) is 8.59. The molecule has 0 heterocycles. The lowest BCUT2D eigenvalue weighted by Crippen LogP contribution is -2.29. The highest BCUT2D eigenvalue weighted by Gasteiger charge is 2.17.